The van der Waals surface area contributed by atoms with Crippen molar-refractivity contribution in [1.82, 2.24) is 10.1 Å². The first-order chi connectivity index (χ1) is 9.24. The van der Waals surface area contributed by atoms with Gasteiger partial charge in [0, 0.05) is 5.56 Å². The van der Waals surface area contributed by atoms with E-state index < -0.39 is 4.92 Å². The molecule has 1 aromatic carbocycles. The van der Waals surface area contributed by atoms with E-state index in [4.69, 9.17) is 8.94 Å². The lowest BCUT2D eigenvalue weighted by atomic mass is 10.2. The van der Waals surface area contributed by atoms with Crippen LogP contribution in [-0.4, -0.2) is 15.1 Å². The van der Waals surface area contributed by atoms with Crippen molar-refractivity contribution in [3.63, 3.8) is 0 Å². The van der Waals surface area contributed by atoms with Gasteiger partial charge in [0.1, 0.15) is 4.92 Å². The third-order valence-corrected chi connectivity index (χ3v) is 2.44. The molecule has 2 heterocycles. The van der Waals surface area contributed by atoms with Gasteiger partial charge in [0.05, 0.1) is 6.07 Å². The number of rotatable bonds is 3. The zero-order chi connectivity index (χ0) is 13.2. The molecular formula is C12H7N3O4. The second-order valence-electron chi connectivity index (χ2n) is 3.68. The number of benzene rings is 1. The van der Waals surface area contributed by atoms with Crippen LogP contribution in [0.4, 0.5) is 5.88 Å². The Labute approximate surface area is 106 Å². The van der Waals surface area contributed by atoms with E-state index in [0.717, 1.165) is 5.56 Å². The van der Waals surface area contributed by atoms with E-state index in [2.05, 4.69) is 10.1 Å². The number of furan rings is 1. The maximum atomic E-state index is 10.5. The summed E-state index contributed by atoms with van der Waals surface area (Å²) in [4.78, 5) is 14.0. The van der Waals surface area contributed by atoms with Gasteiger partial charge in [-0.25, -0.2) is 0 Å². The largest absolute Gasteiger partial charge is 0.433 e. The lowest BCUT2D eigenvalue weighted by Gasteiger charge is -1.90. The minimum Gasteiger partial charge on any atom is -0.397 e. The molecule has 7 heteroatoms. The molecular weight excluding hydrogens is 250 g/mol. The first-order valence-electron chi connectivity index (χ1n) is 5.38. The van der Waals surface area contributed by atoms with Crippen molar-refractivity contribution >= 4 is 5.88 Å². The number of nitro groups is 1. The Bertz CT molecular complexity index is 717. The highest BCUT2D eigenvalue weighted by molar-refractivity contribution is 5.56. The normalized spacial score (nSPS) is 10.5. The molecule has 0 aliphatic carbocycles. The molecule has 7 nitrogen and oxygen atoms in total. The van der Waals surface area contributed by atoms with Gasteiger partial charge in [-0.2, -0.15) is 4.98 Å². The van der Waals surface area contributed by atoms with Gasteiger partial charge in [-0.05, 0) is 18.2 Å². The lowest BCUT2D eigenvalue weighted by Crippen LogP contribution is -1.83. The zero-order valence-corrected chi connectivity index (χ0v) is 9.52. The fourth-order valence-electron chi connectivity index (χ4n) is 1.57. The van der Waals surface area contributed by atoms with Crippen LogP contribution in [0.5, 0.6) is 0 Å². The number of nitrogens with zero attached hydrogens (tertiary/aromatic N) is 3. The maximum Gasteiger partial charge on any atom is 0.433 e. The molecule has 0 aliphatic heterocycles. The molecule has 0 unspecified atom stereocenters. The van der Waals surface area contributed by atoms with Crippen molar-refractivity contribution in [3.05, 3.63) is 52.6 Å². The van der Waals surface area contributed by atoms with Gasteiger partial charge in [0.25, 0.3) is 5.89 Å². The molecule has 0 radical (unpaired) electrons. The van der Waals surface area contributed by atoms with E-state index in [1.807, 2.05) is 30.3 Å². The Kier molecular flexibility index (Phi) is 2.57. The Morgan fingerprint density at radius 1 is 1.11 bits per heavy atom. The average Bonchev–Trinajstić information content (AvgIpc) is 3.09. The van der Waals surface area contributed by atoms with Crippen molar-refractivity contribution in [2.75, 3.05) is 0 Å². The molecule has 2 aromatic heterocycles. The first-order valence-corrected chi connectivity index (χ1v) is 5.38. The van der Waals surface area contributed by atoms with E-state index in [1.165, 1.54) is 12.1 Å². The number of aromatic nitrogens is 2. The Morgan fingerprint density at radius 2 is 1.89 bits per heavy atom. The van der Waals surface area contributed by atoms with Crippen LogP contribution in [0.25, 0.3) is 23.0 Å². The smallest absolute Gasteiger partial charge is 0.397 e. The molecule has 0 aliphatic rings. The van der Waals surface area contributed by atoms with Gasteiger partial charge in [-0.3, -0.25) is 10.1 Å². The van der Waals surface area contributed by atoms with E-state index >= 15 is 0 Å². The van der Waals surface area contributed by atoms with E-state index in [0.29, 0.717) is 5.89 Å². The molecule has 3 aromatic rings. The van der Waals surface area contributed by atoms with Gasteiger partial charge in [0.15, 0.2) is 5.76 Å². The fourth-order valence-corrected chi connectivity index (χ4v) is 1.57. The molecule has 0 N–H and O–H groups in total. The molecule has 3 rings (SSSR count). The monoisotopic (exact) mass is 257 g/mol. The highest BCUT2D eigenvalue weighted by atomic mass is 16.6. The van der Waals surface area contributed by atoms with Crippen LogP contribution in [-0.2, 0) is 0 Å². The summed E-state index contributed by atoms with van der Waals surface area (Å²) in [6.07, 6.45) is 0. The van der Waals surface area contributed by atoms with Gasteiger partial charge in [0.2, 0.25) is 5.82 Å². The summed E-state index contributed by atoms with van der Waals surface area (Å²) in [6.45, 7) is 0. The fraction of sp³-hybridized carbons (Fsp3) is 0. The SMILES string of the molecule is O=[N+]([O-])c1ccc(-c2noc(-c3ccccc3)n2)o1. The summed E-state index contributed by atoms with van der Waals surface area (Å²) in [5.74, 6) is 0.334. The quantitative estimate of drug-likeness (QED) is 0.528. The van der Waals surface area contributed by atoms with E-state index in [9.17, 15) is 10.1 Å². The molecule has 0 amide bonds. The predicted molar refractivity (Wildman–Crippen MR) is 64.1 cm³/mol. The van der Waals surface area contributed by atoms with Crippen LogP contribution in [0.3, 0.4) is 0 Å². The molecule has 0 bridgehead atoms. The molecule has 0 spiro atoms. The molecule has 0 saturated carbocycles. The zero-order valence-electron chi connectivity index (χ0n) is 9.52. The molecule has 0 atom stereocenters. The molecule has 0 fully saturated rings. The minimum absolute atomic E-state index is 0.173. The molecule has 19 heavy (non-hydrogen) atoms. The highest BCUT2D eigenvalue weighted by Gasteiger charge is 2.17. The Morgan fingerprint density at radius 3 is 2.58 bits per heavy atom. The lowest BCUT2D eigenvalue weighted by molar-refractivity contribution is -0.401. The Balaban J connectivity index is 1.94. The van der Waals surface area contributed by atoms with Crippen molar-refractivity contribution in [2.24, 2.45) is 0 Å². The Hall–Kier alpha value is -2.96. The highest BCUT2D eigenvalue weighted by Crippen LogP contribution is 2.26. The van der Waals surface area contributed by atoms with Crippen molar-refractivity contribution in [2.45, 2.75) is 0 Å². The summed E-state index contributed by atoms with van der Waals surface area (Å²) in [5, 5.41) is 14.3. The second kappa shape index (κ2) is 4.37. The summed E-state index contributed by atoms with van der Waals surface area (Å²) < 4.78 is 10.1. The van der Waals surface area contributed by atoms with Crippen molar-refractivity contribution in [3.8, 4) is 23.0 Å². The topological polar surface area (TPSA) is 95.2 Å². The molecule has 94 valence electrons. The van der Waals surface area contributed by atoms with Crippen LogP contribution in [0.15, 0.2) is 51.4 Å². The standard InChI is InChI=1S/C12H7N3O4/c16-15(17)10-7-6-9(18-10)11-13-12(19-14-11)8-4-2-1-3-5-8/h1-7H. The predicted octanol–water partition coefficient (Wildman–Crippen LogP) is 2.90. The van der Waals surface area contributed by atoms with Crippen LogP contribution >= 0.6 is 0 Å². The summed E-state index contributed by atoms with van der Waals surface area (Å²) in [6, 6.07) is 11.9. The van der Waals surface area contributed by atoms with Crippen LogP contribution in [0.2, 0.25) is 0 Å². The summed E-state index contributed by atoms with van der Waals surface area (Å²) in [5.41, 5.74) is 0.766. The van der Waals surface area contributed by atoms with Crippen molar-refractivity contribution < 1.29 is 13.9 Å². The van der Waals surface area contributed by atoms with Gasteiger partial charge < -0.3 is 8.94 Å². The maximum absolute atomic E-state index is 10.5. The van der Waals surface area contributed by atoms with E-state index in [-0.39, 0.29) is 17.5 Å². The van der Waals surface area contributed by atoms with E-state index in [1.54, 1.807) is 0 Å². The van der Waals surface area contributed by atoms with Crippen molar-refractivity contribution in [1.29, 1.82) is 0 Å². The van der Waals surface area contributed by atoms with Gasteiger partial charge in [-0.15, -0.1) is 0 Å². The third-order valence-electron chi connectivity index (χ3n) is 2.44. The molecule has 0 saturated heterocycles. The third kappa shape index (κ3) is 2.08. The van der Waals surface area contributed by atoms with Crippen LogP contribution in [0, 0.1) is 10.1 Å². The van der Waals surface area contributed by atoms with Crippen LogP contribution < -0.4 is 0 Å². The summed E-state index contributed by atoms with van der Waals surface area (Å²) >= 11 is 0. The number of hydrogen-bond acceptors (Lipinski definition) is 6. The average molecular weight is 257 g/mol. The van der Waals surface area contributed by atoms with Gasteiger partial charge >= 0.3 is 5.88 Å². The van der Waals surface area contributed by atoms with Crippen LogP contribution in [0.1, 0.15) is 0 Å². The second-order valence-corrected chi connectivity index (χ2v) is 3.68. The summed E-state index contributed by atoms with van der Waals surface area (Å²) in [7, 11) is 0. The minimum atomic E-state index is -0.623. The number of hydrogen-bond donors (Lipinski definition) is 0. The first kappa shape index (κ1) is 11.1. The van der Waals surface area contributed by atoms with Gasteiger partial charge in [-0.1, -0.05) is 23.4 Å².